The SMILES string of the molecule is CC(C)S(=O)(=O)c1cccc2c(Cl)ccnc12. The summed E-state index contributed by atoms with van der Waals surface area (Å²) in [5.41, 5.74) is 0.439. The molecule has 0 atom stereocenters. The molecule has 1 heterocycles. The second-order valence-corrected chi connectivity index (χ2v) is 6.92. The molecule has 0 bridgehead atoms. The van der Waals surface area contributed by atoms with Crippen molar-refractivity contribution in [1.82, 2.24) is 4.98 Å². The summed E-state index contributed by atoms with van der Waals surface area (Å²) >= 11 is 6.02. The minimum absolute atomic E-state index is 0.243. The molecule has 5 heteroatoms. The third-order valence-electron chi connectivity index (χ3n) is 2.61. The Morgan fingerprint density at radius 3 is 2.59 bits per heavy atom. The van der Waals surface area contributed by atoms with Crippen LogP contribution in [0.2, 0.25) is 5.02 Å². The van der Waals surface area contributed by atoms with E-state index in [1.54, 1.807) is 38.1 Å². The van der Waals surface area contributed by atoms with Gasteiger partial charge in [0.2, 0.25) is 0 Å². The minimum Gasteiger partial charge on any atom is -0.255 e. The molecule has 0 radical (unpaired) electrons. The van der Waals surface area contributed by atoms with Crippen molar-refractivity contribution in [3.8, 4) is 0 Å². The first-order chi connectivity index (χ1) is 7.94. The number of pyridine rings is 1. The van der Waals surface area contributed by atoms with E-state index in [-0.39, 0.29) is 4.90 Å². The van der Waals surface area contributed by atoms with Gasteiger partial charge in [0.15, 0.2) is 9.84 Å². The van der Waals surface area contributed by atoms with E-state index in [1.807, 2.05) is 0 Å². The first kappa shape index (κ1) is 12.3. The number of sulfone groups is 1. The summed E-state index contributed by atoms with van der Waals surface area (Å²) in [6.45, 7) is 3.30. The second-order valence-electron chi connectivity index (χ2n) is 4.04. The van der Waals surface area contributed by atoms with Crippen molar-refractivity contribution < 1.29 is 8.42 Å². The number of aromatic nitrogens is 1. The highest BCUT2D eigenvalue weighted by Crippen LogP contribution is 2.28. The van der Waals surface area contributed by atoms with Crippen LogP contribution >= 0.6 is 11.6 Å². The molecule has 1 aromatic carbocycles. The number of fused-ring (bicyclic) bond motifs is 1. The van der Waals surface area contributed by atoms with Crippen molar-refractivity contribution in [2.75, 3.05) is 0 Å². The third-order valence-corrected chi connectivity index (χ3v) is 5.12. The van der Waals surface area contributed by atoms with Crippen molar-refractivity contribution in [2.45, 2.75) is 24.0 Å². The molecule has 3 nitrogen and oxygen atoms in total. The van der Waals surface area contributed by atoms with E-state index in [2.05, 4.69) is 4.98 Å². The maximum absolute atomic E-state index is 12.2. The Balaban J connectivity index is 2.85. The van der Waals surface area contributed by atoms with Crippen LogP contribution in [-0.4, -0.2) is 18.7 Å². The summed E-state index contributed by atoms with van der Waals surface area (Å²) in [6.07, 6.45) is 1.52. The number of rotatable bonds is 2. The Morgan fingerprint density at radius 2 is 1.94 bits per heavy atom. The van der Waals surface area contributed by atoms with E-state index in [0.29, 0.717) is 15.9 Å². The predicted octanol–water partition coefficient (Wildman–Crippen LogP) is 3.07. The quantitative estimate of drug-likeness (QED) is 0.842. The second kappa shape index (κ2) is 4.27. The molecule has 0 unspecified atom stereocenters. The fourth-order valence-electron chi connectivity index (χ4n) is 1.60. The number of nitrogens with zero attached hydrogens (tertiary/aromatic N) is 1. The topological polar surface area (TPSA) is 47.0 Å². The molecule has 0 spiro atoms. The molecule has 0 saturated carbocycles. The molecule has 0 aliphatic heterocycles. The summed E-state index contributed by atoms with van der Waals surface area (Å²) in [7, 11) is -3.34. The van der Waals surface area contributed by atoms with Gasteiger partial charge in [-0.2, -0.15) is 0 Å². The molecular weight excluding hydrogens is 258 g/mol. The highest BCUT2D eigenvalue weighted by atomic mass is 35.5. The van der Waals surface area contributed by atoms with Gasteiger partial charge < -0.3 is 0 Å². The van der Waals surface area contributed by atoms with Crippen LogP contribution in [0.4, 0.5) is 0 Å². The lowest BCUT2D eigenvalue weighted by molar-refractivity contribution is 0.588. The fourth-order valence-corrected chi connectivity index (χ4v) is 3.02. The Kier molecular flexibility index (Phi) is 3.10. The van der Waals surface area contributed by atoms with E-state index in [0.717, 1.165) is 0 Å². The standard InChI is InChI=1S/C12H12ClNO2S/c1-8(2)17(15,16)11-5-3-4-9-10(13)6-7-14-12(9)11/h3-8H,1-2H3. The molecular formula is C12H12ClNO2S. The first-order valence-corrected chi connectivity index (χ1v) is 7.14. The van der Waals surface area contributed by atoms with Crippen LogP contribution in [0.3, 0.4) is 0 Å². The lowest BCUT2D eigenvalue weighted by atomic mass is 10.2. The van der Waals surface area contributed by atoms with Gasteiger partial charge in [-0.05, 0) is 26.0 Å². The summed E-state index contributed by atoms with van der Waals surface area (Å²) in [5.74, 6) is 0. The minimum atomic E-state index is -3.34. The number of benzene rings is 1. The molecule has 0 aliphatic carbocycles. The molecule has 2 rings (SSSR count). The van der Waals surface area contributed by atoms with Crippen LogP contribution in [-0.2, 0) is 9.84 Å². The Bertz CT molecular complexity index is 665. The van der Waals surface area contributed by atoms with Gasteiger partial charge in [0.25, 0.3) is 0 Å². The van der Waals surface area contributed by atoms with Crippen LogP contribution in [0.15, 0.2) is 35.4 Å². The lowest BCUT2D eigenvalue weighted by Crippen LogP contribution is -2.14. The largest absolute Gasteiger partial charge is 0.255 e. The highest BCUT2D eigenvalue weighted by molar-refractivity contribution is 7.92. The van der Waals surface area contributed by atoms with Gasteiger partial charge in [-0.1, -0.05) is 23.7 Å². The molecule has 0 saturated heterocycles. The van der Waals surface area contributed by atoms with Gasteiger partial charge in [-0.25, -0.2) is 8.42 Å². The Hall–Kier alpha value is -1.13. The Labute approximate surface area is 105 Å². The van der Waals surface area contributed by atoms with Gasteiger partial charge >= 0.3 is 0 Å². The summed E-state index contributed by atoms with van der Waals surface area (Å²) in [5, 5.41) is 0.695. The van der Waals surface area contributed by atoms with E-state index < -0.39 is 15.1 Å². The van der Waals surface area contributed by atoms with Gasteiger partial charge in [0.1, 0.15) is 0 Å². The molecule has 0 N–H and O–H groups in total. The van der Waals surface area contributed by atoms with Crippen molar-refractivity contribution in [3.05, 3.63) is 35.5 Å². The van der Waals surface area contributed by atoms with Crippen LogP contribution in [0.1, 0.15) is 13.8 Å². The highest BCUT2D eigenvalue weighted by Gasteiger charge is 2.22. The van der Waals surface area contributed by atoms with E-state index in [9.17, 15) is 8.42 Å². The lowest BCUT2D eigenvalue weighted by Gasteiger charge is -2.10. The van der Waals surface area contributed by atoms with Crippen LogP contribution in [0.25, 0.3) is 10.9 Å². The summed E-state index contributed by atoms with van der Waals surface area (Å²) in [6, 6.07) is 6.67. The molecule has 0 amide bonds. The molecule has 17 heavy (non-hydrogen) atoms. The number of halogens is 1. The van der Waals surface area contributed by atoms with E-state index in [1.165, 1.54) is 6.20 Å². The maximum Gasteiger partial charge on any atom is 0.182 e. The molecule has 90 valence electrons. The molecule has 0 aliphatic rings. The summed E-state index contributed by atoms with van der Waals surface area (Å²) < 4.78 is 24.3. The van der Waals surface area contributed by atoms with Gasteiger partial charge in [0.05, 0.1) is 20.7 Å². The van der Waals surface area contributed by atoms with Crippen molar-refractivity contribution in [3.63, 3.8) is 0 Å². The van der Waals surface area contributed by atoms with Crippen LogP contribution in [0.5, 0.6) is 0 Å². The molecule has 0 fully saturated rings. The van der Waals surface area contributed by atoms with Gasteiger partial charge in [0, 0.05) is 11.6 Å². The normalized spacial score (nSPS) is 12.2. The van der Waals surface area contributed by atoms with Crippen molar-refractivity contribution >= 4 is 32.3 Å². The Morgan fingerprint density at radius 1 is 1.24 bits per heavy atom. The predicted molar refractivity (Wildman–Crippen MR) is 69.1 cm³/mol. The third kappa shape index (κ3) is 2.03. The van der Waals surface area contributed by atoms with Crippen LogP contribution in [0, 0.1) is 0 Å². The zero-order valence-electron chi connectivity index (χ0n) is 9.51. The number of hydrogen-bond donors (Lipinski definition) is 0. The monoisotopic (exact) mass is 269 g/mol. The van der Waals surface area contributed by atoms with Gasteiger partial charge in [-0.15, -0.1) is 0 Å². The first-order valence-electron chi connectivity index (χ1n) is 5.21. The van der Waals surface area contributed by atoms with E-state index in [4.69, 9.17) is 11.6 Å². The summed E-state index contributed by atoms with van der Waals surface area (Å²) in [4.78, 5) is 4.37. The zero-order valence-corrected chi connectivity index (χ0v) is 11.1. The van der Waals surface area contributed by atoms with Crippen molar-refractivity contribution in [2.24, 2.45) is 0 Å². The fraction of sp³-hybridized carbons (Fsp3) is 0.250. The maximum atomic E-state index is 12.2. The smallest absolute Gasteiger partial charge is 0.182 e. The van der Waals surface area contributed by atoms with Crippen molar-refractivity contribution in [1.29, 1.82) is 0 Å². The van der Waals surface area contributed by atoms with Gasteiger partial charge in [-0.3, -0.25) is 4.98 Å². The number of para-hydroxylation sites is 1. The average Bonchev–Trinajstić information content (AvgIpc) is 2.28. The zero-order chi connectivity index (χ0) is 12.6. The number of hydrogen-bond acceptors (Lipinski definition) is 3. The van der Waals surface area contributed by atoms with Crippen LogP contribution < -0.4 is 0 Å². The molecule has 2 aromatic rings. The van der Waals surface area contributed by atoms with E-state index >= 15 is 0 Å². The molecule has 1 aromatic heterocycles. The average molecular weight is 270 g/mol.